The first-order valence-corrected chi connectivity index (χ1v) is 9.00. The SMILES string of the molecule is COc1ccc(C)cc1Nc1cc(Nc2cccc3cccnc23)nc(C)n1. The maximum absolute atomic E-state index is 5.45. The van der Waals surface area contributed by atoms with E-state index in [1.54, 1.807) is 13.3 Å². The van der Waals surface area contributed by atoms with Crippen LogP contribution in [0.5, 0.6) is 5.75 Å². The molecule has 2 aromatic heterocycles. The van der Waals surface area contributed by atoms with Crippen molar-refractivity contribution in [2.75, 3.05) is 17.7 Å². The summed E-state index contributed by atoms with van der Waals surface area (Å²) in [6.07, 6.45) is 1.79. The lowest BCUT2D eigenvalue weighted by Crippen LogP contribution is -2.03. The van der Waals surface area contributed by atoms with E-state index in [1.165, 1.54) is 0 Å². The fourth-order valence-corrected chi connectivity index (χ4v) is 3.10. The Balaban J connectivity index is 1.67. The molecular weight excluding hydrogens is 350 g/mol. The summed E-state index contributed by atoms with van der Waals surface area (Å²) in [6.45, 7) is 3.90. The monoisotopic (exact) mass is 371 g/mol. The summed E-state index contributed by atoms with van der Waals surface area (Å²) in [5, 5.41) is 7.78. The highest BCUT2D eigenvalue weighted by molar-refractivity contribution is 5.91. The first-order chi connectivity index (χ1) is 13.6. The molecule has 4 rings (SSSR count). The molecule has 0 atom stereocenters. The van der Waals surface area contributed by atoms with Crippen LogP contribution in [0.3, 0.4) is 0 Å². The van der Waals surface area contributed by atoms with Crippen molar-refractivity contribution >= 4 is 33.9 Å². The van der Waals surface area contributed by atoms with Crippen molar-refractivity contribution in [3.05, 3.63) is 72.2 Å². The minimum Gasteiger partial charge on any atom is -0.495 e. The van der Waals surface area contributed by atoms with Gasteiger partial charge in [-0.25, -0.2) is 9.97 Å². The average molecular weight is 371 g/mol. The summed E-state index contributed by atoms with van der Waals surface area (Å²) < 4.78 is 5.45. The van der Waals surface area contributed by atoms with Crippen LogP contribution < -0.4 is 15.4 Å². The Kier molecular flexibility index (Phi) is 4.76. The number of ether oxygens (including phenoxy) is 1. The zero-order valence-corrected chi connectivity index (χ0v) is 16.0. The predicted molar refractivity (Wildman–Crippen MR) is 113 cm³/mol. The lowest BCUT2D eigenvalue weighted by molar-refractivity contribution is 0.416. The van der Waals surface area contributed by atoms with Gasteiger partial charge in [0.25, 0.3) is 0 Å². The fraction of sp³-hybridized carbons (Fsp3) is 0.136. The Labute approximate surface area is 163 Å². The zero-order valence-electron chi connectivity index (χ0n) is 16.0. The molecule has 0 bridgehead atoms. The standard InChI is InChI=1S/C22H21N5O/c1-14-9-10-19(28-3)18(12-14)27-21-13-20(24-15(2)25-21)26-17-8-4-6-16-7-5-11-23-22(16)17/h4-13H,1-3H3,(H2,24,25,26,27). The van der Waals surface area contributed by atoms with Gasteiger partial charge in [-0.15, -0.1) is 0 Å². The quantitative estimate of drug-likeness (QED) is 0.506. The summed E-state index contributed by atoms with van der Waals surface area (Å²) in [5.74, 6) is 2.80. The highest BCUT2D eigenvalue weighted by atomic mass is 16.5. The molecule has 4 aromatic rings. The van der Waals surface area contributed by atoms with E-state index in [1.807, 2.05) is 68.4 Å². The smallest absolute Gasteiger partial charge is 0.142 e. The van der Waals surface area contributed by atoms with Crippen LogP contribution in [0.25, 0.3) is 10.9 Å². The molecule has 140 valence electrons. The van der Waals surface area contributed by atoms with Gasteiger partial charge >= 0.3 is 0 Å². The molecule has 6 heteroatoms. The molecule has 0 unspecified atom stereocenters. The van der Waals surface area contributed by atoms with Gasteiger partial charge in [-0.3, -0.25) is 4.98 Å². The Morgan fingerprint density at radius 2 is 1.57 bits per heavy atom. The van der Waals surface area contributed by atoms with Gasteiger partial charge in [-0.1, -0.05) is 24.3 Å². The van der Waals surface area contributed by atoms with E-state index in [0.29, 0.717) is 17.5 Å². The normalized spacial score (nSPS) is 10.7. The molecule has 0 fully saturated rings. The third-order valence-electron chi connectivity index (χ3n) is 4.35. The van der Waals surface area contributed by atoms with Crippen molar-refractivity contribution < 1.29 is 4.74 Å². The molecule has 0 amide bonds. The maximum atomic E-state index is 5.45. The first-order valence-electron chi connectivity index (χ1n) is 9.00. The largest absolute Gasteiger partial charge is 0.495 e. The fourth-order valence-electron chi connectivity index (χ4n) is 3.10. The summed E-state index contributed by atoms with van der Waals surface area (Å²) >= 11 is 0. The van der Waals surface area contributed by atoms with Crippen LogP contribution in [0.4, 0.5) is 23.0 Å². The number of aromatic nitrogens is 3. The molecule has 0 aliphatic heterocycles. The maximum Gasteiger partial charge on any atom is 0.142 e. The van der Waals surface area contributed by atoms with E-state index >= 15 is 0 Å². The summed E-state index contributed by atoms with van der Waals surface area (Å²) in [7, 11) is 1.65. The lowest BCUT2D eigenvalue weighted by atomic mass is 10.2. The van der Waals surface area contributed by atoms with Gasteiger partial charge in [-0.2, -0.15) is 0 Å². The Morgan fingerprint density at radius 1 is 0.821 bits per heavy atom. The van der Waals surface area contributed by atoms with Crippen molar-refractivity contribution in [1.82, 2.24) is 15.0 Å². The number of benzene rings is 2. The summed E-state index contributed by atoms with van der Waals surface area (Å²) in [4.78, 5) is 13.5. The second-order valence-corrected chi connectivity index (χ2v) is 6.52. The zero-order chi connectivity index (χ0) is 19.5. The number of aryl methyl sites for hydroxylation is 2. The number of methoxy groups -OCH3 is 1. The number of anilines is 4. The summed E-state index contributed by atoms with van der Waals surface area (Å²) in [5.41, 5.74) is 3.79. The van der Waals surface area contributed by atoms with Crippen LogP contribution >= 0.6 is 0 Å². The van der Waals surface area contributed by atoms with E-state index in [4.69, 9.17) is 4.74 Å². The molecular formula is C22H21N5O. The molecule has 0 aliphatic rings. The number of nitrogens with zero attached hydrogens (tertiary/aromatic N) is 3. The number of hydrogen-bond acceptors (Lipinski definition) is 6. The van der Waals surface area contributed by atoms with Crippen LogP contribution in [0, 0.1) is 13.8 Å². The molecule has 0 saturated carbocycles. The number of pyridine rings is 1. The first kappa shape index (κ1) is 17.7. The van der Waals surface area contributed by atoms with Crippen LogP contribution in [-0.2, 0) is 0 Å². The van der Waals surface area contributed by atoms with Gasteiger partial charge in [0.15, 0.2) is 0 Å². The summed E-state index contributed by atoms with van der Waals surface area (Å²) in [6, 6.07) is 17.8. The molecule has 2 N–H and O–H groups in total. The van der Waals surface area contributed by atoms with Gasteiger partial charge < -0.3 is 15.4 Å². The molecule has 0 aliphatic carbocycles. The topological polar surface area (TPSA) is 72.0 Å². The second kappa shape index (κ2) is 7.52. The number of hydrogen-bond donors (Lipinski definition) is 2. The van der Waals surface area contributed by atoms with Gasteiger partial charge in [0.1, 0.15) is 23.2 Å². The van der Waals surface area contributed by atoms with E-state index in [-0.39, 0.29) is 0 Å². The average Bonchev–Trinajstić information content (AvgIpc) is 2.68. The van der Waals surface area contributed by atoms with E-state index in [0.717, 1.165) is 33.6 Å². The lowest BCUT2D eigenvalue weighted by Gasteiger charge is -2.14. The van der Waals surface area contributed by atoms with Crippen molar-refractivity contribution in [3.63, 3.8) is 0 Å². The predicted octanol–water partition coefficient (Wildman–Crippen LogP) is 5.14. The van der Waals surface area contributed by atoms with Crippen molar-refractivity contribution in [3.8, 4) is 5.75 Å². The number of rotatable bonds is 5. The molecule has 0 radical (unpaired) electrons. The Hall–Kier alpha value is -3.67. The number of para-hydroxylation sites is 1. The van der Waals surface area contributed by atoms with Crippen molar-refractivity contribution in [1.29, 1.82) is 0 Å². The van der Waals surface area contributed by atoms with Gasteiger partial charge in [0, 0.05) is 17.6 Å². The van der Waals surface area contributed by atoms with E-state index in [9.17, 15) is 0 Å². The minimum atomic E-state index is 0.660. The molecule has 28 heavy (non-hydrogen) atoms. The highest BCUT2D eigenvalue weighted by Crippen LogP contribution is 2.29. The Morgan fingerprint density at radius 3 is 2.36 bits per heavy atom. The molecule has 0 spiro atoms. The van der Waals surface area contributed by atoms with E-state index < -0.39 is 0 Å². The van der Waals surface area contributed by atoms with Crippen LogP contribution in [0.2, 0.25) is 0 Å². The van der Waals surface area contributed by atoms with E-state index in [2.05, 4.69) is 25.6 Å². The second-order valence-electron chi connectivity index (χ2n) is 6.52. The van der Waals surface area contributed by atoms with Crippen LogP contribution in [0.15, 0.2) is 60.8 Å². The third-order valence-corrected chi connectivity index (χ3v) is 4.35. The van der Waals surface area contributed by atoms with Gasteiger partial charge in [0.05, 0.1) is 24.0 Å². The van der Waals surface area contributed by atoms with Crippen molar-refractivity contribution in [2.24, 2.45) is 0 Å². The molecule has 2 heterocycles. The van der Waals surface area contributed by atoms with Gasteiger partial charge in [-0.05, 0) is 43.7 Å². The molecule has 0 saturated heterocycles. The van der Waals surface area contributed by atoms with Crippen molar-refractivity contribution in [2.45, 2.75) is 13.8 Å². The number of nitrogens with one attached hydrogen (secondary N) is 2. The molecule has 6 nitrogen and oxygen atoms in total. The van der Waals surface area contributed by atoms with Crippen LogP contribution in [-0.4, -0.2) is 22.1 Å². The number of fused-ring (bicyclic) bond motifs is 1. The molecule has 2 aromatic carbocycles. The van der Waals surface area contributed by atoms with Crippen LogP contribution in [0.1, 0.15) is 11.4 Å². The van der Waals surface area contributed by atoms with Gasteiger partial charge in [0.2, 0.25) is 0 Å². The third kappa shape index (κ3) is 3.71. The highest BCUT2D eigenvalue weighted by Gasteiger charge is 2.09. The Bertz CT molecular complexity index is 1140. The minimum absolute atomic E-state index is 0.660.